The molecule has 2 nitrogen and oxygen atoms in total. The lowest BCUT2D eigenvalue weighted by atomic mass is 10.5. The Morgan fingerprint density at radius 1 is 1.78 bits per heavy atom. The number of rotatable bonds is 4. The number of thiol groups is 1. The fourth-order valence-electron chi connectivity index (χ4n) is 0.296. The normalized spacial score (nSPS) is 8.56. The molecule has 0 N–H and O–H groups in total. The molecule has 0 atom stereocenters. The minimum absolute atomic E-state index is 0.364. The summed E-state index contributed by atoms with van der Waals surface area (Å²) in [6.45, 7) is 3.68. The first kappa shape index (κ1) is 8.56. The van der Waals surface area contributed by atoms with Crippen molar-refractivity contribution < 1.29 is 9.53 Å². The van der Waals surface area contributed by atoms with Gasteiger partial charge in [0.1, 0.15) is 0 Å². The Labute approximate surface area is 60.3 Å². The topological polar surface area (TPSA) is 26.3 Å². The zero-order chi connectivity index (χ0) is 7.11. The van der Waals surface area contributed by atoms with Crippen LogP contribution in [0.5, 0.6) is 0 Å². The molecule has 0 amide bonds. The van der Waals surface area contributed by atoms with Crippen molar-refractivity contribution >= 4 is 18.6 Å². The van der Waals surface area contributed by atoms with Crippen LogP contribution in [0.15, 0.2) is 12.7 Å². The third-order valence-corrected chi connectivity index (χ3v) is 1.03. The summed E-state index contributed by atoms with van der Waals surface area (Å²) in [4.78, 5) is 10.3. The molecule has 0 unspecified atom stereocenters. The summed E-state index contributed by atoms with van der Waals surface area (Å²) in [6, 6.07) is 0. The third kappa shape index (κ3) is 5.43. The molecule has 0 saturated carbocycles. The predicted octanol–water partition coefficient (Wildman–Crippen LogP) is 1.04. The van der Waals surface area contributed by atoms with Gasteiger partial charge in [0.25, 0.3) is 0 Å². The maximum absolute atomic E-state index is 10.3. The molecule has 0 aliphatic heterocycles. The van der Waals surface area contributed by atoms with Crippen LogP contribution in [-0.2, 0) is 9.53 Å². The van der Waals surface area contributed by atoms with Gasteiger partial charge in [0.15, 0.2) is 0 Å². The van der Waals surface area contributed by atoms with Crippen LogP contribution in [0.2, 0.25) is 0 Å². The highest BCUT2D eigenvalue weighted by atomic mass is 32.1. The van der Waals surface area contributed by atoms with E-state index in [9.17, 15) is 4.79 Å². The average molecular weight is 146 g/mol. The molecule has 52 valence electrons. The summed E-state index contributed by atoms with van der Waals surface area (Å²) in [5, 5.41) is 0. The molecule has 9 heavy (non-hydrogen) atoms. The molecule has 0 saturated heterocycles. The van der Waals surface area contributed by atoms with E-state index < -0.39 is 0 Å². The monoisotopic (exact) mass is 146 g/mol. The Hall–Kier alpha value is -0.440. The smallest absolute Gasteiger partial charge is 0.330 e. The predicted molar refractivity (Wildman–Crippen MR) is 39.6 cm³/mol. The van der Waals surface area contributed by atoms with Gasteiger partial charge < -0.3 is 4.74 Å². The molecule has 0 fully saturated rings. The van der Waals surface area contributed by atoms with Crippen molar-refractivity contribution in [3.63, 3.8) is 0 Å². The summed E-state index contributed by atoms with van der Waals surface area (Å²) < 4.78 is 4.63. The summed E-state index contributed by atoms with van der Waals surface area (Å²) in [5.74, 6) is 0.376. The summed E-state index contributed by atoms with van der Waals surface area (Å²) in [7, 11) is 0. The van der Waals surface area contributed by atoms with Crippen LogP contribution in [0, 0.1) is 0 Å². The first-order valence-electron chi connectivity index (χ1n) is 2.71. The molecular formula is C6H10O2S. The number of carbonyl (C=O) groups is 1. The number of hydrogen-bond acceptors (Lipinski definition) is 3. The van der Waals surface area contributed by atoms with Crippen LogP contribution in [0.3, 0.4) is 0 Å². The van der Waals surface area contributed by atoms with Crippen molar-refractivity contribution in [2.45, 2.75) is 6.42 Å². The second kappa shape index (κ2) is 5.69. The van der Waals surface area contributed by atoms with Crippen molar-refractivity contribution in [2.24, 2.45) is 0 Å². The standard InChI is InChI=1S/C6H10O2S/c1-2-6(7)8-4-3-5-9/h2,9H,1,3-5H2. The number of hydrogen-bond donors (Lipinski definition) is 1. The van der Waals surface area contributed by atoms with Crippen LogP contribution in [0.1, 0.15) is 6.42 Å². The third-order valence-electron chi connectivity index (χ3n) is 0.713. The van der Waals surface area contributed by atoms with E-state index in [0.29, 0.717) is 6.61 Å². The van der Waals surface area contributed by atoms with Gasteiger partial charge in [0.05, 0.1) is 6.61 Å². The van der Waals surface area contributed by atoms with Gasteiger partial charge >= 0.3 is 5.97 Å². The molecular weight excluding hydrogens is 136 g/mol. The quantitative estimate of drug-likeness (QED) is 0.277. The molecule has 0 aliphatic carbocycles. The second-order valence-corrected chi connectivity index (χ2v) is 1.90. The van der Waals surface area contributed by atoms with Gasteiger partial charge in [-0.25, -0.2) is 4.79 Å². The van der Waals surface area contributed by atoms with E-state index in [-0.39, 0.29) is 5.97 Å². The van der Waals surface area contributed by atoms with Crippen LogP contribution in [0.25, 0.3) is 0 Å². The Morgan fingerprint density at radius 2 is 2.44 bits per heavy atom. The average Bonchev–Trinajstić information content (AvgIpc) is 1.89. The van der Waals surface area contributed by atoms with Gasteiger partial charge in [-0.1, -0.05) is 6.58 Å². The Balaban J connectivity index is 3.07. The molecule has 0 spiro atoms. The zero-order valence-corrected chi connectivity index (χ0v) is 6.06. The highest BCUT2D eigenvalue weighted by Crippen LogP contribution is 1.86. The molecule has 0 bridgehead atoms. The van der Waals surface area contributed by atoms with Gasteiger partial charge in [-0.2, -0.15) is 12.6 Å². The van der Waals surface area contributed by atoms with Crippen LogP contribution in [0.4, 0.5) is 0 Å². The molecule has 3 heteroatoms. The largest absolute Gasteiger partial charge is 0.463 e. The van der Waals surface area contributed by atoms with Gasteiger partial charge in [-0.3, -0.25) is 0 Å². The van der Waals surface area contributed by atoms with Gasteiger partial charge in [-0.15, -0.1) is 0 Å². The Kier molecular flexibility index (Phi) is 5.41. The maximum Gasteiger partial charge on any atom is 0.330 e. The van der Waals surface area contributed by atoms with E-state index >= 15 is 0 Å². The first-order valence-corrected chi connectivity index (χ1v) is 3.34. The van der Waals surface area contributed by atoms with Crippen molar-refractivity contribution in [3.05, 3.63) is 12.7 Å². The van der Waals surface area contributed by atoms with Gasteiger partial charge in [0.2, 0.25) is 0 Å². The molecule has 0 aliphatic rings. The molecule has 0 aromatic carbocycles. The maximum atomic E-state index is 10.3. The van der Waals surface area contributed by atoms with Gasteiger partial charge in [-0.05, 0) is 12.2 Å². The van der Waals surface area contributed by atoms with Gasteiger partial charge in [0, 0.05) is 6.08 Å². The highest BCUT2D eigenvalue weighted by molar-refractivity contribution is 7.80. The summed E-state index contributed by atoms with van der Waals surface area (Å²) in [6.07, 6.45) is 1.95. The molecule has 0 rings (SSSR count). The van der Waals surface area contributed by atoms with Crippen LogP contribution in [-0.4, -0.2) is 18.3 Å². The van der Waals surface area contributed by atoms with E-state index in [1.54, 1.807) is 0 Å². The lowest BCUT2D eigenvalue weighted by Crippen LogP contribution is -2.01. The second-order valence-electron chi connectivity index (χ2n) is 1.45. The fraction of sp³-hybridized carbons (Fsp3) is 0.500. The number of esters is 1. The minimum Gasteiger partial charge on any atom is -0.463 e. The summed E-state index contributed by atoms with van der Waals surface area (Å²) in [5.41, 5.74) is 0. The fourth-order valence-corrected chi connectivity index (χ4v) is 0.425. The molecule has 0 heterocycles. The molecule has 0 aromatic heterocycles. The van der Waals surface area contributed by atoms with E-state index in [1.807, 2.05) is 0 Å². The Bertz CT molecular complexity index is 101. The summed E-state index contributed by atoms with van der Waals surface area (Å²) >= 11 is 3.94. The lowest BCUT2D eigenvalue weighted by Gasteiger charge is -1.96. The van der Waals surface area contributed by atoms with Crippen molar-refractivity contribution in [1.29, 1.82) is 0 Å². The number of ether oxygens (including phenoxy) is 1. The SMILES string of the molecule is C=CC(=O)OCCCS. The van der Waals surface area contributed by atoms with Crippen molar-refractivity contribution in [2.75, 3.05) is 12.4 Å². The van der Waals surface area contributed by atoms with E-state index in [4.69, 9.17) is 0 Å². The molecule has 0 aromatic rings. The zero-order valence-electron chi connectivity index (χ0n) is 5.17. The van der Waals surface area contributed by atoms with Crippen LogP contribution < -0.4 is 0 Å². The van der Waals surface area contributed by atoms with E-state index in [1.165, 1.54) is 0 Å². The minimum atomic E-state index is -0.364. The lowest BCUT2D eigenvalue weighted by molar-refractivity contribution is -0.137. The number of carbonyl (C=O) groups excluding carboxylic acids is 1. The first-order chi connectivity index (χ1) is 4.31. The van der Waals surface area contributed by atoms with Crippen LogP contribution >= 0.6 is 12.6 Å². The van der Waals surface area contributed by atoms with E-state index in [0.717, 1.165) is 18.2 Å². The van der Waals surface area contributed by atoms with Crippen molar-refractivity contribution in [1.82, 2.24) is 0 Å². The Morgan fingerprint density at radius 3 is 2.89 bits per heavy atom. The van der Waals surface area contributed by atoms with Crippen molar-refractivity contribution in [3.8, 4) is 0 Å². The highest BCUT2D eigenvalue weighted by Gasteiger charge is 1.91. The van der Waals surface area contributed by atoms with E-state index in [2.05, 4.69) is 23.9 Å². The molecule has 0 radical (unpaired) electrons.